The van der Waals surface area contributed by atoms with Gasteiger partial charge in [0.15, 0.2) is 0 Å². The van der Waals surface area contributed by atoms with E-state index in [-0.39, 0.29) is 5.91 Å². The van der Waals surface area contributed by atoms with Crippen molar-refractivity contribution in [1.29, 1.82) is 0 Å². The summed E-state index contributed by atoms with van der Waals surface area (Å²) in [5, 5.41) is 5.28. The Morgan fingerprint density at radius 1 is 1.07 bits per heavy atom. The van der Waals surface area contributed by atoms with Gasteiger partial charge in [-0.3, -0.25) is 4.79 Å². The third-order valence-corrected chi connectivity index (χ3v) is 6.14. The summed E-state index contributed by atoms with van der Waals surface area (Å²) in [5.74, 6) is 0.186. The second-order valence-electron chi connectivity index (χ2n) is 6.75. The van der Waals surface area contributed by atoms with Crippen molar-refractivity contribution < 1.29 is 14.3 Å². The lowest BCUT2D eigenvalue weighted by Gasteiger charge is -2.10. The maximum absolute atomic E-state index is 12.8. The minimum absolute atomic E-state index is 0.250. The highest BCUT2D eigenvalue weighted by atomic mass is 32.2. The second kappa shape index (κ2) is 9.29. The van der Waals surface area contributed by atoms with Gasteiger partial charge in [-0.05, 0) is 48.9 Å². The largest absolute Gasteiger partial charge is 0.465 e. The molecule has 0 bridgehead atoms. The molecule has 4 nitrogen and oxygen atoms in total. The molecule has 0 spiro atoms. The zero-order valence-corrected chi connectivity index (χ0v) is 18.5. The summed E-state index contributed by atoms with van der Waals surface area (Å²) in [5.41, 5.74) is 5.99. The molecule has 1 amide bonds. The van der Waals surface area contributed by atoms with Gasteiger partial charge in [0.2, 0.25) is 0 Å². The van der Waals surface area contributed by atoms with Crippen molar-refractivity contribution in [2.45, 2.75) is 19.6 Å². The normalized spacial score (nSPS) is 10.6. The molecule has 0 fully saturated rings. The first kappa shape index (κ1) is 21.1. The Labute approximate surface area is 179 Å². The van der Waals surface area contributed by atoms with Crippen molar-refractivity contribution in [3.05, 3.63) is 75.7 Å². The number of carbonyl (C=O) groups excluding carboxylic acids is 2. The van der Waals surface area contributed by atoms with E-state index in [2.05, 4.69) is 5.32 Å². The van der Waals surface area contributed by atoms with Crippen LogP contribution in [0.2, 0.25) is 0 Å². The van der Waals surface area contributed by atoms with Crippen molar-refractivity contribution >= 4 is 40.0 Å². The fourth-order valence-corrected chi connectivity index (χ4v) is 4.54. The van der Waals surface area contributed by atoms with Gasteiger partial charge in [0, 0.05) is 22.3 Å². The summed E-state index contributed by atoms with van der Waals surface area (Å²) in [7, 11) is 1.35. The van der Waals surface area contributed by atoms with Gasteiger partial charge in [-0.25, -0.2) is 4.79 Å². The van der Waals surface area contributed by atoms with E-state index in [1.54, 1.807) is 23.9 Å². The highest BCUT2D eigenvalue weighted by Gasteiger charge is 2.23. The van der Waals surface area contributed by atoms with Crippen molar-refractivity contribution in [1.82, 2.24) is 0 Å². The van der Waals surface area contributed by atoms with Gasteiger partial charge >= 0.3 is 5.97 Å². The number of hydrogen-bond donors (Lipinski definition) is 1. The van der Waals surface area contributed by atoms with Crippen LogP contribution in [-0.2, 0) is 10.5 Å². The molecule has 0 aliphatic carbocycles. The maximum Gasteiger partial charge on any atom is 0.341 e. The number of aryl methyl sites for hydroxylation is 2. The molecule has 1 N–H and O–H groups in total. The molecule has 29 heavy (non-hydrogen) atoms. The number of hydrogen-bond acceptors (Lipinski definition) is 5. The minimum atomic E-state index is -0.465. The number of thioether (sulfide) groups is 1. The molecular weight excluding hydrogens is 402 g/mol. The Balaban J connectivity index is 1.95. The van der Waals surface area contributed by atoms with Crippen LogP contribution in [0.25, 0.3) is 11.1 Å². The third-order valence-electron chi connectivity index (χ3n) is 4.62. The van der Waals surface area contributed by atoms with E-state index in [9.17, 15) is 9.59 Å². The molecule has 0 radical (unpaired) electrons. The number of esters is 1. The molecule has 6 heteroatoms. The zero-order chi connectivity index (χ0) is 21.0. The predicted molar refractivity (Wildman–Crippen MR) is 122 cm³/mol. The van der Waals surface area contributed by atoms with Crippen LogP contribution < -0.4 is 5.32 Å². The summed E-state index contributed by atoms with van der Waals surface area (Å²) >= 11 is 3.06. The van der Waals surface area contributed by atoms with E-state index >= 15 is 0 Å². The van der Waals surface area contributed by atoms with Crippen molar-refractivity contribution in [3.63, 3.8) is 0 Å². The highest BCUT2D eigenvalue weighted by Crippen LogP contribution is 2.38. The molecule has 0 aliphatic rings. The molecule has 0 atom stereocenters. The maximum atomic E-state index is 12.8. The number of amides is 1. The molecule has 0 unspecified atom stereocenters. The van der Waals surface area contributed by atoms with Gasteiger partial charge in [-0.2, -0.15) is 11.8 Å². The van der Waals surface area contributed by atoms with E-state index in [1.807, 2.05) is 55.8 Å². The van der Waals surface area contributed by atoms with Crippen molar-refractivity contribution in [3.8, 4) is 11.1 Å². The summed E-state index contributed by atoms with van der Waals surface area (Å²) in [6.45, 7) is 4.01. The fraction of sp³-hybridized carbons (Fsp3) is 0.217. The van der Waals surface area contributed by atoms with Crippen LogP contribution in [-0.4, -0.2) is 25.2 Å². The van der Waals surface area contributed by atoms with Gasteiger partial charge in [0.1, 0.15) is 10.6 Å². The molecule has 150 valence electrons. The van der Waals surface area contributed by atoms with E-state index in [4.69, 9.17) is 4.74 Å². The van der Waals surface area contributed by atoms with Crippen molar-refractivity contribution in [2.24, 2.45) is 0 Å². The van der Waals surface area contributed by atoms with E-state index in [0.29, 0.717) is 16.1 Å². The second-order valence-corrected chi connectivity index (χ2v) is 8.49. The quantitative estimate of drug-likeness (QED) is 0.497. The molecule has 3 aromatic rings. The number of nitrogens with one attached hydrogen (secondary N) is 1. The molecule has 0 aliphatic heterocycles. The average molecular weight is 426 g/mol. The molecule has 1 heterocycles. The third kappa shape index (κ3) is 4.71. The average Bonchev–Trinajstić information content (AvgIpc) is 3.13. The molecule has 0 saturated heterocycles. The van der Waals surface area contributed by atoms with Crippen LogP contribution in [0.1, 0.15) is 37.4 Å². The number of anilines is 1. The summed E-state index contributed by atoms with van der Waals surface area (Å²) in [6, 6.07) is 13.6. The smallest absolute Gasteiger partial charge is 0.341 e. The number of rotatable bonds is 6. The standard InChI is InChI=1S/C23H23NO3S2/c1-14-5-6-15(2)18(11-14)19-13-29-22(20(19)23(26)27-3)24-21(25)17-9-7-16(8-10-17)12-28-4/h5-11,13H,12H2,1-4H3,(H,24,25). The van der Waals surface area contributed by atoms with Crippen molar-refractivity contribution in [2.75, 3.05) is 18.7 Å². The molecule has 1 aromatic heterocycles. The van der Waals surface area contributed by atoms with Crippen LogP contribution in [0.15, 0.2) is 47.8 Å². The Kier molecular flexibility index (Phi) is 6.77. The first-order valence-corrected chi connectivity index (χ1v) is 11.4. The lowest BCUT2D eigenvalue weighted by Crippen LogP contribution is -2.14. The number of benzene rings is 2. The fourth-order valence-electron chi connectivity index (χ4n) is 3.07. The molecular formula is C23H23NO3S2. The summed E-state index contributed by atoms with van der Waals surface area (Å²) in [4.78, 5) is 25.3. The number of methoxy groups -OCH3 is 1. The summed E-state index contributed by atoms with van der Waals surface area (Å²) in [6.07, 6.45) is 2.04. The molecule has 0 saturated carbocycles. The van der Waals surface area contributed by atoms with Gasteiger partial charge in [0.25, 0.3) is 5.91 Å². The SMILES string of the molecule is COC(=O)c1c(-c2cc(C)ccc2C)csc1NC(=O)c1ccc(CSC)cc1. The lowest BCUT2D eigenvalue weighted by atomic mass is 9.97. The van der Waals surface area contributed by atoms with Crippen LogP contribution >= 0.6 is 23.1 Å². The minimum Gasteiger partial charge on any atom is -0.465 e. The lowest BCUT2D eigenvalue weighted by molar-refractivity contribution is 0.0603. The van der Waals surface area contributed by atoms with Gasteiger partial charge in [-0.15, -0.1) is 11.3 Å². The monoisotopic (exact) mass is 425 g/mol. The van der Waals surface area contributed by atoms with Crippen LogP contribution in [0.5, 0.6) is 0 Å². The molecule has 2 aromatic carbocycles. The first-order chi connectivity index (χ1) is 13.9. The van der Waals surface area contributed by atoms with Crippen LogP contribution in [0, 0.1) is 13.8 Å². The van der Waals surface area contributed by atoms with Gasteiger partial charge in [0.05, 0.1) is 7.11 Å². The van der Waals surface area contributed by atoms with Gasteiger partial charge in [-0.1, -0.05) is 35.9 Å². The van der Waals surface area contributed by atoms with E-state index in [0.717, 1.165) is 33.6 Å². The Hall–Kier alpha value is -2.57. The number of ether oxygens (including phenoxy) is 1. The van der Waals surface area contributed by atoms with E-state index in [1.165, 1.54) is 18.4 Å². The predicted octanol–water partition coefficient (Wildman–Crippen LogP) is 5.93. The first-order valence-electron chi connectivity index (χ1n) is 9.11. The van der Waals surface area contributed by atoms with E-state index < -0.39 is 5.97 Å². The summed E-state index contributed by atoms with van der Waals surface area (Å²) < 4.78 is 5.01. The Morgan fingerprint density at radius 2 is 1.79 bits per heavy atom. The zero-order valence-electron chi connectivity index (χ0n) is 16.9. The molecule has 3 rings (SSSR count). The Morgan fingerprint density at radius 3 is 2.45 bits per heavy atom. The number of carbonyl (C=O) groups is 2. The Bertz CT molecular complexity index is 1040. The van der Waals surface area contributed by atoms with Crippen LogP contribution in [0.4, 0.5) is 5.00 Å². The van der Waals surface area contributed by atoms with Crippen LogP contribution in [0.3, 0.4) is 0 Å². The number of thiophene rings is 1. The highest BCUT2D eigenvalue weighted by molar-refractivity contribution is 7.97. The topological polar surface area (TPSA) is 55.4 Å². The van der Waals surface area contributed by atoms with Gasteiger partial charge < -0.3 is 10.1 Å².